The highest BCUT2D eigenvalue weighted by Crippen LogP contribution is 2.52. The third-order valence-electron chi connectivity index (χ3n) is 15.0. The van der Waals surface area contributed by atoms with Gasteiger partial charge in [0.25, 0.3) is 0 Å². The van der Waals surface area contributed by atoms with Gasteiger partial charge in [-0.1, -0.05) is 81.0 Å². The molecule has 10 nitrogen and oxygen atoms in total. The van der Waals surface area contributed by atoms with E-state index in [2.05, 4.69) is 76.9 Å². The van der Waals surface area contributed by atoms with Gasteiger partial charge in [-0.25, -0.2) is 18.7 Å². The van der Waals surface area contributed by atoms with Gasteiger partial charge in [0.05, 0.1) is 65.7 Å². The summed E-state index contributed by atoms with van der Waals surface area (Å²) in [6.07, 6.45) is 3.79. The molecule has 4 aromatic heterocycles. The fourth-order valence-corrected chi connectivity index (χ4v) is 12.7. The number of aromatic nitrogens is 4. The highest BCUT2D eigenvalue weighted by atomic mass is 79.9. The maximum atomic E-state index is 16.4. The molecule has 0 amide bonds. The zero-order valence-electron chi connectivity index (χ0n) is 41.0. The number of hydrogen-bond acceptors (Lipinski definition) is 10. The van der Waals surface area contributed by atoms with Gasteiger partial charge in [0.1, 0.15) is 23.1 Å². The molecule has 0 radical (unpaired) electrons. The van der Waals surface area contributed by atoms with Crippen LogP contribution in [-0.4, -0.2) is 55.7 Å². The Kier molecular flexibility index (Phi) is 12.5. The van der Waals surface area contributed by atoms with Gasteiger partial charge in [-0.2, -0.15) is 0 Å². The smallest absolute Gasteiger partial charge is 0.464 e. The molecule has 0 bridgehead atoms. The van der Waals surface area contributed by atoms with Crippen LogP contribution in [0.3, 0.4) is 0 Å². The second-order valence-corrected chi connectivity index (χ2v) is 25.4. The van der Waals surface area contributed by atoms with Crippen molar-refractivity contribution in [2.24, 2.45) is 0 Å². The molecule has 12 rings (SSSR count). The van der Waals surface area contributed by atoms with Crippen LogP contribution in [0.25, 0.3) is 44.3 Å². The van der Waals surface area contributed by atoms with Crippen LogP contribution in [0.1, 0.15) is 103 Å². The molecular formula is C52H48B2Br2Cl2F2N4O6S2. The maximum absolute atomic E-state index is 16.4. The van der Waals surface area contributed by atoms with Crippen molar-refractivity contribution in [3.05, 3.63) is 123 Å². The highest BCUT2D eigenvalue weighted by Gasteiger charge is 2.53. The first-order chi connectivity index (χ1) is 34.0. The van der Waals surface area contributed by atoms with Crippen molar-refractivity contribution in [3.8, 4) is 34.0 Å². The van der Waals surface area contributed by atoms with Crippen molar-refractivity contribution in [1.82, 2.24) is 19.1 Å². The minimum atomic E-state index is -0.736. The van der Waals surface area contributed by atoms with Gasteiger partial charge in [-0.05, 0) is 139 Å². The molecule has 0 N–H and O–H groups in total. The normalized spacial score (nSPS) is 19.9. The van der Waals surface area contributed by atoms with E-state index in [-0.39, 0.29) is 5.82 Å². The van der Waals surface area contributed by atoms with Crippen molar-refractivity contribution in [1.29, 1.82) is 0 Å². The fourth-order valence-electron chi connectivity index (χ4n) is 10.0. The molecule has 2 fully saturated rings. The van der Waals surface area contributed by atoms with Gasteiger partial charge in [0, 0.05) is 32.1 Å². The molecule has 4 aliphatic heterocycles. The summed E-state index contributed by atoms with van der Waals surface area (Å²) in [4.78, 5) is 10.1. The number of benzene rings is 4. The molecule has 8 heterocycles. The summed E-state index contributed by atoms with van der Waals surface area (Å²) in [5, 5.41) is 2.06. The summed E-state index contributed by atoms with van der Waals surface area (Å²) in [7, 11) is -1.26. The second-order valence-electron chi connectivity index (χ2n) is 20.3. The second kappa shape index (κ2) is 17.9. The Hall–Kier alpha value is -3.81. The molecule has 0 saturated carbocycles. The van der Waals surface area contributed by atoms with Crippen molar-refractivity contribution >= 4 is 125 Å². The van der Waals surface area contributed by atoms with Crippen molar-refractivity contribution < 1.29 is 36.9 Å². The average molecular weight is 1180 g/mol. The van der Waals surface area contributed by atoms with E-state index in [0.29, 0.717) is 47.9 Å². The number of rotatable bonds is 6. The lowest BCUT2D eigenvalue weighted by Gasteiger charge is -2.32. The Morgan fingerprint density at radius 2 is 1.03 bits per heavy atom. The summed E-state index contributed by atoms with van der Waals surface area (Å²) in [5.41, 5.74) is 5.88. The standard InChI is InChI=1S/C32H36B2ClFN2O5S.C20H12Br2ClFN2OS/c1-10-19-20-13-17(33-40-29(2,3)30(4,5)41-33)11-12-22(20)38-26(19)25-21(36)14-18(34-42-31(6,7)32(8,9)43-34)15-23(25)39-27(38)24-16-37-28(35)44-24;1-2-11-12-5-9(21)3-4-14(12)26-18(11)17-13(24)6-10(22)7-15(17)27-19(26)16-8-25-20(23)28-16/h11-16,27H,10H2,1-9H3;3-8,19H,2H2,1H3. The molecule has 72 heavy (non-hydrogen) atoms. The number of hydrogen-bond donors (Lipinski definition) is 0. The number of ether oxygens (including phenoxy) is 2. The Balaban J connectivity index is 0.000000172. The Morgan fingerprint density at radius 3 is 1.50 bits per heavy atom. The minimum Gasteiger partial charge on any atom is -0.464 e. The van der Waals surface area contributed by atoms with E-state index in [9.17, 15) is 0 Å². The molecule has 2 atom stereocenters. The highest BCUT2D eigenvalue weighted by molar-refractivity contribution is 9.10. The summed E-state index contributed by atoms with van der Waals surface area (Å²) in [5.74, 6) is 0.201. The molecule has 0 spiro atoms. The number of aryl methyl sites for hydroxylation is 2. The summed E-state index contributed by atoms with van der Waals surface area (Å²) in [6, 6.07) is 18.9. The average Bonchev–Trinajstić information content (AvgIpc) is 4.15. The molecule has 372 valence electrons. The zero-order chi connectivity index (χ0) is 51.1. The molecule has 2 saturated heterocycles. The van der Waals surface area contributed by atoms with Crippen molar-refractivity contribution in [2.75, 3.05) is 0 Å². The number of thiazole rings is 2. The van der Waals surface area contributed by atoms with Crippen molar-refractivity contribution in [3.63, 3.8) is 0 Å². The lowest BCUT2D eigenvalue weighted by atomic mass is 9.77. The van der Waals surface area contributed by atoms with Crippen LogP contribution in [0.5, 0.6) is 11.5 Å². The predicted octanol–water partition coefficient (Wildman–Crippen LogP) is 14.2. The number of nitrogens with zero attached hydrogens (tertiary/aromatic N) is 4. The summed E-state index contributed by atoms with van der Waals surface area (Å²) >= 11 is 22.0. The van der Waals surface area contributed by atoms with Crippen LogP contribution in [0.4, 0.5) is 8.78 Å². The topological polar surface area (TPSA) is 91.0 Å². The Morgan fingerprint density at radius 1 is 0.583 bits per heavy atom. The van der Waals surface area contributed by atoms with E-state index in [4.69, 9.17) is 51.3 Å². The first kappa shape index (κ1) is 50.4. The van der Waals surface area contributed by atoms with Crippen LogP contribution < -0.4 is 20.4 Å². The van der Waals surface area contributed by atoms with Gasteiger partial charge in [0.15, 0.2) is 8.93 Å². The van der Waals surface area contributed by atoms with Gasteiger partial charge in [-0.3, -0.25) is 9.13 Å². The SMILES string of the molecule is CCc1c2n(c3ccc(B4OC(C)(C)C(C)(C)O4)cc13)C(c1cnc(Cl)s1)Oc1cc(B3OC(C)(C)C(C)(C)O3)cc(F)c1-2.CCc1c2n(c3ccc(Br)cc13)C(c1cnc(Cl)s1)Oc1cc(Br)cc(F)c1-2. The third-order valence-corrected chi connectivity index (χ3v) is 18.2. The van der Waals surface area contributed by atoms with Crippen LogP contribution in [-0.2, 0) is 31.5 Å². The Labute approximate surface area is 451 Å². The lowest BCUT2D eigenvalue weighted by molar-refractivity contribution is 0.00578. The monoisotopic (exact) mass is 1180 g/mol. The number of halogens is 6. The van der Waals surface area contributed by atoms with Gasteiger partial charge in [0.2, 0.25) is 12.5 Å². The van der Waals surface area contributed by atoms with E-state index < -0.39 is 54.9 Å². The first-order valence-electron chi connectivity index (χ1n) is 23.6. The summed E-state index contributed by atoms with van der Waals surface area (Å²) < 4.78 is 76.4. The largest absolute Gasteiger partial charge is 0.495 e. The van der Waals surface area contributed by atoms with Gasteiger partial charge in [-0.15, -0.1) is 22.7 Å². The molecular weight excluding hydrogens is 1130 g/mol. The maximum Gasteiger partial charge on any atom is 0.495 e. The summed E-state index contributed by atoms with van der Waals surface area (Å²) in [6.45, 7) is 20.2. The molecule has 4 aliphatic rings. The van der Waals surface area contributed by atoms with Gasteiger partial charge < -0.3 is 28.1 Å². The van der Waals surface area contributed by atoms with E-state index in [1.807, 2.05) is 91.8 Å². The molecule has 20 heteroatoms. The molecule has 4 aromatic carbocycles. The molecule has 8 aromatic rings. The van der Waals surface area contributed by atoms with E-state index in [1.54, 1.807) is 12.4 Å². The first-order valence-corrected chi connectivity index (χ1v) is 27.6. The predicted molar refractivity (Wildman–Crippen MR) is 292 cm³/mol. The number of fused-ring (bicyclic) bond motifs is 10. The van der Waals surface area contributed by atoms with E-state index in [0.717, 1.165) is 70.4 Å². The van der Waals surface area contributed by atoms with Crippen LogP contribution in [0, 0.1) is 11.6 Å². The molecule has 2 unspecified atom stereocenters. The van der Waals surface area contributed by atoms with Crippen molar-refractivity contribution in [2.45, 2.75) is 117 Å². The van der Waals surface area contributed by atoms with Crippen LogP contribution in [0.15, 0.2) is 82.0 Å². The molecule has 0 aliphatic carbocycles. The third kappa shape index (κ3) is 8.11. The minimum absolute atomic E-state index is 0.317. The van der Waals surface area contributed by atoms with Crippen LogP contribution >= 0.6 is 77.7 Å². The quantitative estimate of drug-likeness (QED) is 0.152. The zero-order valence-corrected chi connectivity index (χ0v) is 47.3. The lowest BCUT2D eigenvalue weighted by Crippen LogP contribution is -2.41. The Bertz CT molecular complexity index is 3490. The van der Waals surface area contributed by atoms with Gasteiger partial charge >= 0.3 is 14.2 Å². The fraction of sp³-hybridized carbons (Fsp3) is 0.346. The van der Waals surface area contributed by atoms with E-state index in [1.165, 1.54) is 34.8 Å². The van der Waals surface area contributed by atoms with Crippen LogP contribution in [0.2, 0.25) is 8.93 Å². The van der Waals surface area contributed by atoms with E-state index >= 15 is 8.78 Å².